The zero-order valence-corrected chi connectivity index (χ0v) is 14.6. The smallest absolute Gasteiger partial charge is 0.315 e. The molecule has 0 radical (unpaired) electrons. The van der Waals surface area contributed by atoms with Gasteiger partial charge in [-0.2, -0.15) is 4.31 Å². The maximum Gasteiger partial charge on any atom is 0.315 e. The van der Waals surface area contributed by atoms with E-state index in [1.54, 1.807) is 48.5 Å². The lowest BCUT2D eigenvalue weighted by Gasteiger charge is -2.25. The third kappa shape index (κ3) is 2.43. The first kappa shape index (κ1) is 16.8. The highest BCUT2D eigenvalue weighted by Crippen LogP contribution is 2.38. The Morgan fingerprint density at radius 1 is 1.08 bits per heavy atom. The number of carboxylic acid groups (broad SMARTS) is 1. The minimum absolute atomic E-state index is 0.0641. The van der Waals surface area contributed by atoms with Gasteiger partial charge in [-0.15, -0.1) is 0 Å². The molecule has 26 heavy (non-hydrogen) atoms. The molecule has 1 aliphatic rings. The number of para-hydroxylation sites is 1. The van der Waals surface area contributed by atoms with Crippen molar-refractivity contribution >= 4 is 27.0 Å². The Morgan fingerprint density at radius 2 is 1.85 bits per heavy atom. The van der Waals surface area contributed by atoms with Crippen molar-refractivity contribution in [2.75, 3.05) is 13.1 Å². The van der Waals surface area contributed by atoms with Gasteiger partial charge in [0.1, 0.15) is 10.3 Å². The van der Waals surface area contributed by atoms with Gasteiger partial charge in [0.2, 0.25) is 10.0 Å². The Hall–Kier alpha value is -2.64. The zero-order valence-electron chi connectivity index (χ0n) is 13.8. The average molecular weight is 371 g/mol. The molecular formula is C19H17NO5S. The fourth-order valence-electron chi connectivity index (χ4n) is 3.58. The predicted molar refractivity (Wildman–Crippen MR) is 95.3 cm³/mol. The van der Waals surface area contributed by atoms with Gasteiger partial charge in [-0.25, -0.2) is 8.42 Å². The maximum atomic E-state index is 13.2. The van der Waals surface area contributed by atoms with Crippen LogP contribution < -0.4 is 0 Å². The van der Waals surface area contributed by atoms with Crippen molar-refractivity contribution in [1.82, 2.24) is 4.31 Å². The number of rotatable bonds is 4. The molecule has 0 aliphatic carbocycles. The summed E-state index contributed by atoms with van der Waals surface area (Å²) in [6, 6.07) is 15.4. The van der Waals surface area contributed by atoms with E-state index in [4.69, 9.17) is 4.42 Å². The van der Waals surface area contributed by atoms with Gasteiger partial charge < -0.3 is 9.52 Å². The zero-order chi connectivity index (χ0) is 18.4. The van der Waals surface area contributed by atoms with E-state index in [0.717, 1.165) is 0 Å². The van der Waals surface area contributed by atoms with E-state index >= 15 is 0 Å². The lowest BCUT2D eigenvalue weighted by Crippen LogP contribution is -2.40. The third-order valence-corrected chi connectivity index (χ3v) is 6.90. The topological polar surface area (TPSA) is 87.8 Å². The molecule has 4 rings (SSSR count). The number of hydrogen-bond acceptors (Lipinski definition) is 4. The molecule has 0 saturated carbocycles. The second kappa shape index (κ2) is 5.96. The second-order valence-electron chi connectivity index (χ2n) is 6.44. The quantitative estimate of drug-likeness (QED) is 0.762. The molecule has 3 aromatic rings. The van der Waals surface area contributed by atoms with E-state index in [9.17, 15) is 18.3 Å². The van der Waals surface area contributed by atoms with E-state index in [0.29, 0.717) is 16.5 Å². The van der Waals surface area contributed by atoms with Gasteiger partial charge in [0, 0.05) is 18.5 Å². The molecule has 1 atom stereocenters. The first-order valence-electron chi connectivity index (χ1n) is 8.20. The molecule has 1 saturated heterocycles. The molecule has 0 amide bonds. The molecule has 1 N–H and O–H groups in total. The van der Waals surface area contributed by atoms with Crippen LogP contribution in [0.4, 0.5) is 0 Å². The fraction of sp³-hybridized carbons (Fsp3) is 0.211. The summed E-state index contributed by atoms with van der Waals surface area (Å²) in [5.41, 5.74) is -0.341. The fourth-order valence-corrected chi connectivity index (χ4v) is 5.23. The first-order valence-corrected chi connectivity index (χ1v) is 9.64. The van der Waals surface area contributed by atoms with Crippen LogP contribution in [-0.4, -0.2) is 36.9 Å². The van der Waals surface area contributed by atoms with Crippen LogP contribution in [-0.2, 0) is 20.2 Å². The summed E-state index contributed by atoms with van der Waals surface area (Å²) >= 11 is 0. The number of furan rings is 1. The summed E-state index contributed by atoms with van der Waals surface area (Å²) in [5.74, 6) is -1.02. The van der Waals surface area contributed by atoms with Crippen molar-refractivity contribution in [3.8, 4) is 0 Å². The predicted octanol–water partition coefficient (Wildman–Crippen LogP) is 2.85. The SMILES string of the molecule is O=C(O)C1(c2ccccc2)CCN(S(=O)(=O)c2cccc3ccoc23)C1. The lowest BCUT2D eigenvalue weighted by molar-refractivity contribution is -0.143. The van der Waals surface area contributed by atoms with Crippen molar-refractivity contribution in [3.63, 3.8) is 0 Å². The number of fused-ring (bicyclic) bond motifs is 1. The molecule has 2 heterocycles. The number of nitrogens with zero attached hydrogens (tertiary/aromatic N) is 1. The van der Waals surface area contributed by atoms with Gasteiger partial charge in [-0.05, 0) is 24.1 Å². The molecule has 134 valence electrons. The van der Waals surface area contributed by atoms with Gasteiger partial charge >= 0.3 is 5.97 Å². The van der Waals surface area contributed by atoms with Crippen LogP contribution in [0.1, 0.15) is 12.0 Å². The minimum atomic E-state index is -3.87. The van der Waals surface area contributed by atoms with Crippen LogP contribution in [0.3, 0.4) is 0 Å². The largest absolute Gasteiger partial charge is 0.481 e. The highest BCUT2D eigenvalue weighted by Gasteiger charge is 2.49. The number of hydrogen-bond donors (Lipinski definition) is 1. The van der Waals surface area contributed by atoms with Crippen LogP contribution in [0.15, 0.2) is 70.2 Å². The summed E-state index contributed by atoms with van der Waals surface area (Å²) in [5, 5.41) is 10.6. The molecule has 1 aliphatic heterocycles. The molecular weight excluding hydrogens is 354 g/mol. The monoisotopic (exact) mass is 371 g/mol. The van der Waals surface area contributed by atoms with Crippen molar-refractivity contribution < 1.29 is 22.7 Å². The summed E-state index contributed by atoms with van der Waals surface area (Å²) in [6.07, 6.45) is 1.67. The number of aliphatic carboxylic acids is 1. The molecule has 7 heteroatoms. The Morgan fingerprint density at radius 3 is 2.58 bits per heavy atom. The second-order valence-corrected chi connectivity index (χ2v) is 8.34. The van der Waals surface area contributed by atoms with Gasteiger partial charge in [-0.3, -0.25) is 4.79 Å². The average Bonchev–Trinajstić information content (AvgIpc) is 3.30. The Labute approximate surface area is 150 Å². The van der Waals surface area contributed by atoms with Crippen LogP contribution in [0.5, 0.6) is 0 Å². The maximum absolute atomic E-state index is 13.2. The number of sulfonamides is 1. The Kier molecular flexibility index (Phi) is 3.86. The molecule has 6 nitrogen and oxygen atoms in total. The van der Waals surface area contributed by atoms with E-state index in [-0.39, 0.29) is 24.4 Å². The lowest BCUT2D eigenvalue weighted by atomic mass is 9.80. The molecule has 1 fully saturated rings. The summed E-state index contributed by atoms with van der Waals surface area (Å²) < 4.78 is 32.9. The standard InChI is InChI=1S/C19H17NO5S/c21-18(22)19(15-6-2-1-3-7-15)10-11-20(13-19)26(23,24)16-8-4-5-14-9-12-25-17(14)16/h1-9,12H,10-11,13H2,(H,21,22). The first-order chi connectivity index (χ1) is 12.4. The third-order valence-electron chi connectivity index (χ3n) is 5.03. The van der Waals surface area contributed by atoms with Crippen molar-refractivity contribution in [2.45, 2.75) is 16.7 Å². The highest BCUT2D eigenvalue weighted by atomic mass is 32.2. The van der Waals surface area contributed by atoms with E-state index in [1.807, 2.05) is 0 Å². The van der Waals surface area contributed by atoms with Gasteiger partial charge in [-0.1, -0.05) is 42.5 Å². The summed E-state index contributed by atoms with van der Waals surface area (Å²) in [6.45, 7) is 0.0341. The number of carboxylic acids is 1. The molecule has 1 unspecified atom stereocenters. The van der Waals surface area contributed by atoms with E-state index in [1.165, 1.54) is 16.6 Å². The minimum Gasteiger partial charge on any atom is -0.481 e. The van der Waals surface area contributed by atoms with Crippen LogP contribution >= 0.6 is 0 Å². The van der Waals surface area contributed by atoms with Crippen molar-refractivity contribution in [3.05, 3.63) is 66.4 Å². The normalized spacial score (nSPS) is 21.2. The molecule has 0 bridgehead atoms. The molecule has 1 aromatic heterocycles. The van der Waals surface area contributed by atoms with Gasteiger partial charge in [0.15, 0.2) is 5.58 Å². The number of benzene rings is 2. The van der Waals surface area contributed by atoms with Gasteiger partial charge in [0.25, 0.3) is 0 Å². The van der Waals surface area contributed by atoms with E-state index < -0.39 is 21.4 Å². The van der Waals surface area contributed by atoms with Crippen molar-refractivity contribution in [2.24, 2.45) is 0 Å². The van der Waals surface area contributed by atoms with Crippen LogP contribution in [0.25, 0.3) is 11.0 Å². The molecule has 0 spiro atoms. The van der Waals surface area contributed by atoms with Crippen molar-refractivity contribution in [1.29, 1.82) is 0 Å². The Balaban J connectivity index is 1.76. The summed E-state index contributed by atoms with van der Waals surface area (Å²) in [4.78, 5) is 12.1. The van der Waals surface area contributed by atoms with Crippen LogP contribution in [0, 0.1) is 0 Å². The van der Waals surface area contributed by atoms with Crippen LogP contribution in [0.2, 0.25) is 0 Å². The highest BCUT2D eigenvalue weighted by molar-refractivity contribution is 7.89. The Bertz CT molecular complexity index is 1070. The summed E-state index contributed by atoms with van der Waals surface area (Å²) in [7, 11) is -3.87. The van der Waals surface area contributed by atoms with E-state index in [2.05, 4.69) is 0 Å². The number of carbonyl (C=O) groups is 1. The van der Waals surface area contributed by atoms with Gasteiger partial charge in [0.05, 0.1) is 6.26 Å². The molecule has 2 aromatic carbocycles.